The largest absolute Gasteiger partial charge is 0.426 e. The van der Waals surface area contributed by atoms with E-state index in [0.717, 1.165) is 0 Å². The molecule has 0 radical (unpaired) electrons. The fourth-order valence-corrected chi connectivity index (χ4v) is 3.42. The van der Waals surface area contributed by atoms with E-state index in [-0.39, 0.29) is 31.4 Å². The number of oxime groups is 1. The van der Waals surface area contributed by atoms with E-state index in [1.54, 1.807) is 20.8 Å². The van der Waals surface area contributed by atoms with Crippen molar-refractivity contribution >= 4 is 11.4 Å². The van der Waals surface area contributed by atoms with Gasteiger partial charge in [0, 0.05) is 0 Å². The number of aliphatic hydroxyl groups is 1. The molecule has 2 aromatic heterocycles. The van der Waals surface area contributed by atoms with E-state index in [4.69, 9.17) is 15.0 Å². The van der Waals surface area contributed by atoms with Gasteiger partial charge in [0.1, 0.15) is 17.0 Å². The molecule has 3 N–H and O–H groups in total. The fraction of sp³-hybridized carbons (Fsp3) is 0.619. The summed E-state index contributed by atoms with van der Waals surface area (Å²) in [7, 11) is 0. The summed E-state index contributed by atoms with van der Waals surface area (Å²) in [4.78, 5) is 9.32. The molecule has 14 heteroatoms. The maximum Gasteiger partial charge on any atom is 0.426 e. The van der Waals surface area contributed by atoms with E-state index in [9.17, 15) is 31.4 Å². The first-order valence-corrected chi connectivity index (χ1v) is 10.8. The maximum atomic E-state index is 13.9. The molecule has 0 saturated heterocycles. The Balaban J connectivity index is 2.25. The Morgan fingerprint density at radius 2 is 1.69 bits per heavy atom. The van der Waals surface area contributed by atoms with Crippen LogP contribution in [0.4, 0.5) is 32.0 Å². The lowest BCUT2D eigenvalue weighted by atomic mass is 9.94. The van der Waals surface area contributed by atoms with Gasteiger partial charge in [-0.05, 0) is 52.5 Å². The van der Waals surface area contributed by atoms with Crippen molar-refractivity contribution in [3.63, 3.8) is 0 Å². The van der Waals surface area contributed by atoms with Crippen LogP contribution in [0.2, 0.25) is 0 Å². The summed E-state index contributed by atoms with van der Waals surface area (Å²) in [6.45, 7) is 4.98. The molecule has 4 bridgehead atoms. The summed E-state index contributed by atoms with van der Waals surface area (Å²) in [6.07, 6.45) is -9.94. The van der Waals surface area contributed by atoms with Gasteiger partial charge in [-0.3, -0.25) is 0 Å². The predicted octanol–water partition coefficient (Wildman–Crippen LogP) is 5.36. The first kappa shape index (κ1) is 26.7. The third kappa shape index (κ3) is 5.85. The average Bonchev–Trinajstić information content (AvgIpc) is 3.20. The molecule has 3 rings (SSSR count). The van der Waals surface area contributed by atoms with Gasteiger partial charge in [0.25, 0.3) is 11.8 Å². The second-order valence-corrected chi connectivity index (χ2v) is 9.25. The summed E-state index contributed by atoms with van der Waals surface area (Å²) in [5.74, 6) is -1.83. The second-order valence-electron chi connectivity index (χ2n) is 9.25. The highest BCUT2D eigenvalue weighted by molar-refractivity contribution is 6.01. The van der Waals surface area contributed by atoms with Crippen LogP contribution in [0.5, 0.6) is 0 Å². The molecule has 0 aliphatic carbocycles. The second kappa shape index (κ2) is 9.28. The number of alkyl halides is 6. The first-order chi connectivity index (χ1) is 16.0. The predicted molar refractivity (Wildman–Crippen MR) is 112 cm³/mol. The maximum absolute atomic E-state index is 13.9. The first-order valence-electron chi connectivity index (χ1n) is 10.8. The van der Waals surface area contributed by atoms with Crippen LogP contribution in [0.25, 0.3) is 11.6 Å². The van der Waals surface area contributed by atoms with Gasteiger partial charge in [-0.2, -0.15) is 26.3 Å². The van der Waals surface area contributed by atoms with Gasteiger partial charge in [-0.1, -0.05) is 18.0 Å². The number of fused-ring (bicyclic) bond motifs is 5. The average molecular weight is 509 g/mol. The number of pyridine rings is 1. The standard InChI is InChI=1S/C21H25F6N5O3/c1-18(2,3)35-32-13-8-6-4-5-7-9-19(33,21(25,26)27)17-31-30-16(34-17)15-12(28)10-11(14(13)29-15)20(22,23)24/h10,33H,4-9,28H2,1-3H3/b32-13+/t19-/m1/s1. The SMILES string of the molecule is CC(C)(C)O/N=C1\CCCCCC[C@](O)(C(F)(F)F)c2nnc(o2)-c2nc1c(C(F)(F)F)cc2N. The number of halogens is 6. The molecule has 1 atom stereocenters. The van der Waals surface area contributed by atoms with E-state index in [0.29, 0.717) is 12.5 Å². The summed E-state index contributed by atoms with van der Waals surface area (Å²) in [5.41, 5.74) is -1.45. The van der Waals surface area contributed by atoms with Gasteiger partial charge in [-0.15, -0.1) is 10.2 Å². The molecule has 0 fully saturated rings. The van der Waals surface area contributed by atoms with Crippen LogP contribution in [0.1, 0.15) is 76.4 Å². The van der Waals surface area contributed by atoms with E-state index in [1.807, 2.05) is 0 Å². The van der Waals surface area contributed by atoms with Crippen molar-refractivity contribution < 1.29 is 40.7 Å². The minimum Gasteiger partial charge on any atom is -0.416 e. The van der Waals surface area contributed by atoms with Crippen LogP contribution in [0.15, 0.2) is 15.6 Å². The van der Waals surface area contributed by atoms with Crippen molar-refractivity contribution in [3.05, 3.63) is 23.2 Å². The molecule has 0 spiro atoms. The Morgan fingerprint density at radius 1 is 1.03 bits per heavy atom. The molecule has 0 saturated carbocycles. The molecule has 0 unspecified atom stereocenters. The van der Waals surface area contributed by atoms with Crippen molar-refractivity contribution in [2.45, 2.75) is 82.9 Å². The molecular formula is C21H25F6N5O3. The number of rotatable bonds is 1. The number of nitrogen functional groups attached to an aromatic ring is 1. The number of nitrogens with zero attached hydrogens (tertiary/aromatic N) is 4. The van der Waals surface area contributed by atoms with Crippen LogP contribution < -0.4 is 5.73 Å². The highest BCUT2D eigenvalue weighted by Gasteiger charge is 2.58. The highest BCUT2D eigenvalue weighted by atomic mass is 19.4. The zero-order valence-electron chi connectivity index (χ0n) is 19.2. The van der Waals surface area contributed by atoms with Crippen LogP contribution in [-0.4, -0.2) is 37.8 Å². The zero-order chi connectivity index (χ0) is 26.2. The van der Waals surface area contributed by atoms with Gasteiger partial charge in [0.2, 0.25) is 5.60 Å². The summed E-state index contributed by atoms with van der Waals surface area (Å²) in [5, 5.41) is 21.1. The van der Waals surface area contributed by atoms with Gasteiger partial charge < -0.3 is 20.1 Å². The molecule has 3 heterocycles. The number of aromatic nitrogens is 3. The Hall–Kier alpha value is -2.90. The minimum atomic E-state index is -5.14. The minimum absolute atomic E-state index is 0.00581. The third-order valence-electron chi connectivity index (χ3n) is 5.21. The fourth-order valence-electron chi connectivity index (χ4n) is 3.42. The van der Waals surface area contributed by atoms with Gasteiger partial charge >= 0.3 is 12.4 Å². The highest BCUT2D eigenvalue weighted by Crippen LogP contribution is 2.44. The van der Waals surface area contributed by atoms with Crippen molar-refractivity contribution in [1.82, 2.24) is 15.2 Å². The Morgan fingerprint density at radius 3 is 2.29 bits per heavy atom. The van der Waals surface area contributed by atoms with Gasteiger partial charge in [0.15, 0.2) is 5.69 Å². The normalized spacial score (nSPS) is 21.6. The Kier molecular flexibility index (Phi) is 7.08. The Labute approximate surface area is 196 Å². The van der Waals surface area contributed by atoms with Crippen molar-refractivity contribution in [3.8, 4) is 11.6 Å². The van der Waals surface area contributed by atoms with E-state index < -0.39 is 64.4 Å². The lowest BCUT2D eigenvalue weighted by molar-refractivity contribution is -0.277. The summed E-state index contributed by atoms with van der Waals surface area (Å²) < 4.78 is 87.9. The van der Waals surface area contributed by atoms with Crippen molar-refractivity contribution in [1.29, 1.82) is 0 Å². The van der Waals surface area contributed by atoms with E-state index >= 15 is 0 Å². The molecule has 1 aliphatic heterocycles. The lowest BCUT2D eigenvalue weighted by Crippen LogP contribution is -2.42. The molecule has 194 valence electrons. The summed E-state index contributed by atoms with van der Waals surface area (Å²) >= 11 is 0. The van der Waals surface area contributed by atoms with Crippen LogP contribution in [0.3, 0.4) is 0 Å². The molecule has 2 aromatic rings. The molecule has 0 amide bonds. The molecule has 8 nitrogen and oxygen atoms in total. The molecule has 35 heavy (non-hydrogen) atoms. The van der Waals surface area contributed by atoms with Crippen LogP contribution in [-0.2, 0) is 16.6 Å². The number of hydrogen-bond acceptors (Lipinski definition) is 8. The van der Waals surface area contributed by atoms with E-state index in [2.05, 4.69) is 20.3 Å². The summed E-state index contributed by atoms with van der Waals surface area (Å²) in [6, 6.07) is 0.579. The topological polar surface area (TPSA) is 120 Å². The quantitative estimate of drug-likeness (QED) is 0.393. The molecule has 1 aliphatic rings. The Bertz CT molecular complexity index is 1090. The smallest absolute Gasteiger partial charge is 0.416 e. The number of nitrogens with two attached hydrogens (primary N) is 1. The van der Waals surface area contributed by atoms with E-state index in [1.165, 1.54) is 0 Å². The lowest BCUT2D eigenvalue weighted by Gasteiger charge is -2.27. The monoisotopic (exact) mass is 509 g/mol. The third-order valence-corrected chi connectivity index (χ3v) is 5.21. The van der Waals surface area contributed by atoms with Crippen molar-refractivity contribution in [2.75, 3.05) is 5.73 Å². The molecule has 0 aromatic carbocycles. The van der Waals surface area contributed by atoms with Crippen LogP contribution in [0, 0.1) is 0 Å². The number of anilines is 1. The van der Waals surface area contributed by atoms with Crippen LogP contribution >= 0.6 is 0 Å². The van der Waals surface area contributed by atoms with Gasteiger partial charge in [0.05, 0.1) is 11.3 Å². The molecular weight excluding hydrogens is 484 g/mol. The zero-order valence-corrected chi connectivity index (χ0v) is 19.2. The number of hydrogen-bond donors (Lipinski definition) is 2. The van der Waals surface area contributed by atoms with Gasteiger partial charge in [-0.25, -0.2) is 4.98 Å². The van der Waals surface area contributed by atoms with Crippen molar-refractivity contribution in [2.24, 2.45) is 5.16 Å².